The Labute approximate surface area is 119 Å². The number of aromatic amines is 1. The molecule has 0 atom stereocenters. The molecule has 1 aromatic carbocycles. The third-order valence-corrected chi connectivity index (χ3v) is 3.53. The molecular formula is C16H22N2O2. The molecule has 0 saturated carbocycles. The van der Waals surface area contributed by atoms with Gasteiger partial charge in [0.15, 0.2) is 0 Å². The zero-order chi connectivity index (χ0) is 14.6. The number of methoxy groups -OCH3 is 1. The van der Waals surface area contributed by atoms with E-state index in [2.05, 4.69) is 24.1 Å². The van der Waals surface area contributed by atoms with Crippen molar-refractivity contribution in [2.75, 3.05) is 20.3 Å². The van der Waals surface area contributed by atoms with Crippen LogP contribution in [0.4, 0.5) is 0 Å². The molecule has 1 aromatic heterocycles. The Balaban J connectivity index is 1.97. The number of hydrogen-bond acceptors (Lipinski definition) is 2. The number of nitrogens with one attached hydrogen (secondary N) is 2. The van der Waals surface area contributed by atoms with Crippen molar-refractivity contribution in [2.24, 2.45) is 5.41 Å². The molecule has 0 radical (unpaired) electrons. The Kier molecular flexibility index (Phi) is 4.45. The minimum Gasteiger partial charge on any atom is -0.385 e. The second-order valence-electron chi connectivity index (χ2n) is 5.87. The summed E-state index contributed by atoms with van der Waals surface area (Å²) in [5.74, 6) is -0.0291. The molecule has 2 rings (SSSR count). The van der Waals surface area contributed by atoms with Crippen LogP contribution in [0, 0.1) is 5.41 Å². The highest BCUT2D eigenvalue weighted by molar-refractivity contribution is 5.98. The van der Waals surface area contributed by atoms with Crippen LogP contribution >= 0.6 is 0 Å². The van der Waals surface area contributed by atoms with Crippen LogP contribution in [0.1, 0.15) is 30.6 Å². The molecule has 20 heavy (non-hydrogen) atoms. The zero-order valence-electron chi connectivity index (χ0n) is 12.3. The standard InChI is InChI=1S/C16H22N2O2/c1-16(2,7-9-20-3)11-18-15(19)13-4-5-14-12(10-13)6-8-17-14/h4-6,8,10,17H,7,9,11H2,1-3H3,(H,18,19). The van der Waals surface area contributed by atoms with Crippen LogP contribution in [0.25, 0.3) is 10.9 Å². The summed E-state index contributed by atoms with van der Waals surface area (Å²) in [6.45, 7) is 5.60. The number of H-pyrrole nitrogens is 1. The Morgan fingerprint density at radius 3 is 2.90 bits per heavy atom. The molecule has 4 nitrogen and oxygen atoms in total. The lowest BCUT2D eigenvalue weighted by Crippen LogP contribution is -2.34. The van der Waals surface area contributed by atoms with Gasteiger partial charge in [-0.25, -0.2) is 0 Å². The minimum absolute atomic E-state index is 0.0291. The minimum atomic E-state index is -0.0291. The molecule has 0 fully saturated rings. The van der Waals surface area contributed by atoms with Crippen LogP contribution in [-0.4, -0.2) is 31.2 Å². The maximum Gasteiger partial charge on any atom is 0.251 e. The van der Waals surface area contributed by atoms with Gasteiger partial charge >= 0.3 is 0 Å². The summed E-state index contributed by atoms with van der Waals surface area (Å²) in [5, 5.41) is 4.05. The number of carbonyl (C=O) groups is 1. The van der Waals surface area contributed by atoms with E-state index in [1.165, 1.54) is 0 Å². The number of hydrogen-bond donors (Lipinski definition) is 2. The molecule has 1 amide bonds. The van der Waals surface area contributed by atoms with Crippen LogP contribution in [-0.2, 0) is 4.74 Å². The normalized spacial score (nSPS) is 11.8. The summed E-state index contributed by atoms with van der Waals surface area (Å²) in [4.78, 5) is 15.3. The molecular weight excluding hydrogens is 252 g/mol. The van der Waals surface area contributed by atoms with Crippen molar-refractivity contribution in [3.05, 3.63) is 36.0 Å². The lowest BCUT2D eigenvalue weighted by Gasteiger charge is -2.24. The van der Waals surface area contributed by atoms with Gasteiger partial charge in [-0.15, -0.1) is 0 Å². The van der Waals surface area contributed by atoms with Crippen molar-refractivity contribution in [1.82, 2.24) is 10.3 Å². The van der Waals surface area contributed by atoms with Gasteiger partial charge in [-0.2, -0.15) is 0 Å². The highest BCUT2D eigenvalue weighted by atomic mass is 16.5. The topological polar surface area (TPSA) is 54.1 Å². The maximum atomic E-state index is 12.2. The van der Waals surface area contributed by atoms with Crippen LogP contribution in [0.3, 0.4) is 0 Å². The third kappa shape index (κ3) is 3.61. The Morgan fingerprint density at radius 1 is 1.35 bits per heavy atom. The first kappa shape index (κ1) is 14.6. The number of aromatic nitrogens is 1. The van der Waals surface area contributed by atoms with Gasteiger partial charge in [0.25, 0.3) is 5.91 Å². The third-order valence-electron chi connectivity index (χ3n) is 3.53. The van der Waals surface area contributed by atoms with Crippen molar-refractivity contribution >= 4 is 16.8 Å². The van der Waals surface area contributed by atoms with Gasteiger partial charge in [-0.05, 0) is 36.1 Å². The van der Waals surface area contributed by atoms with Crippen molar-refractivity contribution in [1.29, 1.82) is 0 Å². The Hall–Kier alpha value is -1.81. The first-order valence-electron chi connectivity index (χ1n) is 6.86. The van der Waals surface area contributed by atoms with Crippen LogP contribution in [0.5, 0.6) is 0 Å². The number of rotatable bonds is 6. The van der Waals surface area contributed by atoms with Crippen molar-refractivity contribution in [2.45, 2.75) is 20.3 Å². The fourth-order valence-electron chi connectivity index (χ4n) is 2.08. The first-order chi connectivity index (χ1) is 9.52. The molecule has 0 aliphatic heterocycles. The fourth-order valence-corrected chi connectivity index (χ4v) is 2.08. The number of benzene rings is 1. The van der Waals surface area contributed by atoms with Gasteiger partial charge in [0.1, 0.15) is 0 Å². The molecule has 2 N–H and O–H groups in total. The largest absolute Gasteiger partial charge is 0.385 e. The molecule has 108 valence electrons. The zero-order valence-corrected chi connectivity index (χ0v) is 12.3. The van der Waals surface area contributed by atoms with Crippen LogP contribution in [0.2, 0.25) is 0 Å². The summed E-state index contributed by atoms with van der Waals surface area (Å²) in [7, 11) is 1.70. The molecule has 0 saturated heterocycles. The molecule has 4 heteroatoms. The summed E-state index contributed by atoms with van der Waals surface area (Å²) in [5.41, 5.74) is 1.77. The van der Waals surface area contributed by atoms with E-state index >= 15 is 0 Å². The van der Waals surface area contributed by atoms with Gasteiger partial charge in [0.2, 0.25) is 0 Å². The summed E-state index contributed by atoms with van der Waals surface area (Å²) in [6, 6.07) is 7.65. The lowest BCUT2D eigenvalue weighted by molar-refractivity contribution is 0.0921. The number of amides is 1. The van der Waals surface area contributed by atoms with Gasteiger partial charge in [-0.1, -0.05) is 13.8 Å². The highest BCUT2D eigenvalue weighted by Gasteiger charge is 2.19. The summed E-state index contributed by atoms with van der Waals surface area (Å²) >= 11 is 0. The Morgan fingerprint density at radius 2 is 2.15 bits per heavy atom. The number of ether oxygens (including phenoxy) is 1. The Bertz CT molecular complexity index is 587. The monoisotopic (exact) mass is 274 g/mol. The number of carbonyl (C=O) groups excluding carboxylic acids is 1. The van der Waals surface area contributed by atoms with Crippen molar-refractivity contribution < 1.29 is 9.53 Å². The van der Waals surface area contributed by atoms with E-state index in [0.29, 0.717) is 18.7 Å². The SMILES string of the molecule is COCCC(C)(C)CNC(=O)c1ccc2[nH]ccc2c1. The predicted octanol–water partition coefficient (Wildman–Crippen LogP) is 2.96. The predicted molar refractivity (Wildman–Crippen MR) is 80.9 cm³/mol. The number of fused-ring (bicyclic) bond motifs is 1. The van der Waals surface area contributed by atoms with Gasteiger partial charge in [0, 0.05) is 42.9 Å². The quantitative estimate of drug-likeness (QED) is 0.851. The molecule has 2 aromatic rings. The van der Waals surface area contributed by atoms with Gasteiger partial charge < -0.3 is 15.0 Å². The van der Waals surface area contributed by atoms with Crippen molar-refractivity contribution in [3.63, 3.8) is 0 Å². The van der Waals surface area contributed by atoms with Crippen LogP contribution in [0.15, 0.2) is 30.5 Å². The molecule has 0 spiro atoms. The van der Waals surface area contributed by atoms with Crippen molar-refractivity contribution in [3.8, 4) is 0 Å². The van der Waals surface area contributed by atoms with E-state index in [0.717, 1.165) is 17.3 Å². The molecule has 0 unspecified atom stereocenters. The van der Waals surface area contributed by atoms with E-state index in [1.807, 2.05) is 30.5 Å². The first-order valence-corrected chi connectivity index (χ1v) is 6.86. The average molecular weight is 274 g/mol. The van der Waals surface area contributed by atoms with E-state index in [9.17, 15) is 4.79 Å². The van der Waals surface area contributed by atoms with E-state index < -0.39 is 0 Å². The highest BCUT2D eigenvalue weighted by Crippen LogP contribution is 2.19. The van der Waals surface area contributed by atoms with Crippen LogP contribution < -0.4 is 5.32 Å². The van der Waals surface area contributed by atoms with E-state index in [1.54, 1.807) is 7.11 Å². The smallest absolute Gasteiger partial charge is 0.251 e. The maximum absolute atomic E-state index is 12.2. The van der Waals surface area contributed by atoms with Gasteiger partial charge in [-0.3, -0.25) is 4.79 Å². The lowest BCUT2D eigenvalue weighted by atomic mass is 9.89. The molecule has 1 heterocycles. The summed E-state index contributed by atoms with van der Waals surface area (Å²) < 4.78 is 5.09. The second-order valence-corrected chi connectivity index (χ2v) is 5.87. The molecule has 0 bridgehead atoms. The van der Waals surface area contributed by atoms with E-state index in [-0.39, 0.29) is 11.3 Å². The van der Waals surface area contributed by atoms with Gasteiger partial charge in [0.05, 0.1) is 0 Å². The average Bonchev–Trinajstić information content (AvgIpc) is 2.90. The molecule has 0 aliphatic rings. The molecule has 0 aliphatic carbocycles. The second kappa shape index (κ2) is 6.09. The fraction of sp³-hybridized carbons (Fsp3) is 0.438. The van der Waals surface area contributed by atoms with E-state index in [4.69, 9.17) is 4.74 Å². The summed E-state index contributed by atoms with van der Waals surface area (Å²) in [6.07, 6.45) is 2.79.